The maximum Gasteiger partial charge on any atom is 0.407 e. The lowest BCUT2D eigenvalue weighted by Gasteiger charge is -2.19. The van der Waals surface area contributed by atoms with E-state index in [2.05, 4.69) is 24.5 Å². The molecule has 96 valence electrons. The Morgan fingerprint density at radius 3 is 2.38 bits per heavy atom. The number of amides is 1. The number of alkyl carbamates (subject to hydrolysis) is 1. The number of carbonyl (C=O) groups excluding carboxylic acids is 1. The van der Waals surface area contributed by atoms with E-state index in [4.69, 9.17) is 4.74 Å². The van der Waals surface area contributed by atoms with Crippen LogP contribution in [-0.2, 0) is 4.74 Å². The summed E-state index contributed by atoms with van der Waals surface area (Å²) in [5, 5.41) is 6.04. The van der Waals surface area contributed by atoms with Crippen LogP contribution in [0.15, 0.2) is 0 Å². The first kappa shape index (κ1) is 15.2. The van der Waals surface area contributed by atoms with E-state index in [0.717, 1.165) is 19.5 Å². The van der Waals surface area contributed by atoms with Gasteiger partial charge >= 0.3 is 6.09 Å². The monoisotopic (exact) mass is 230 g/mol. The molecule has 0 fully saturated rings. The van der Waals surface area contributed by atoms with Crippen LogP contribution in [0.1, 0.15) is 41.0 Å². The number of nitrogens with one attached hydrogen (secondary N) is 2. The van der Waals surface area contributed by atoms with Crippen molar-refractivity contribution < 1.29 is 9.53 Å². The van der Waals surface area contributed by atoms with Crippen molar-refractivity contribution in [2.24, 2.45) is 5.92 Å². The van der Waals surface area contributed by atoms with Gasteiger partial charge in [-0.3, -0.25) is 0 Å². The molecular weight excluding hydrogens is 204 g/mol. The average molecular weight is 230 g/mol. The zero-order valence-electron chi connectivity index (χ0n) is 11.2. The molecule has 0 aromatic carbocycles. The Hall–Kier alpha value is -0.770. The fourth-order valence-corrected chi connectivity index (χ4v) is 1.11. The summed E-state index contributed by atoms with van der Waals surface area (Å²) in [6.07, 6.45) is 0.586. The van der Waals surface area contributed by atoms with Gasteiger partial charge in [-0.1, -0.05) is 13.8 Å². The SMILES string of the molecule is CC(C)CNCCCNC(=O)OC(C)(C)C. The highest BCUT2D eigenvalue weighted by Gasteiger charge is 2.15. The third-order valence-corrected chi connectivity index (χ3v) is 1.75. The van der Waals surface area contributed by atoms with E-state index in [1.165, 1.54) is 0 Å². The lowest BCUT2D eigenvalue weighted by molar-refractivity contribution is 0.0527. The third-order valence-electron chi connectivity index (χ3n) is 1.75. The Morgan fingerprint density at radius 2 is 1.88 bits per heavy atom. The lowest BCUT2D eigenvalue weighted by atomic mass is 10.2. The summed E-state index contributed by atoms with van der Waals surface area (Å²) < 4.78 is 5.11. The number of rotatable bonds is 6. The highest BCUT2D eigenvalue weighted by atomic mass is 16.6. The van der Waals surface area contributed by atoms with Gasteiger partial charge in [0.2, 0.25) is 0 Å². The number of hydrogen-bond donors (Lipinski definition) is 2. The summed E-state index contributed by atoms with van der Waals surface area (Å²) in [6, 6.07) is 0. The maximum atomic E-state index is 11.2. The molecular formula is C12H26N2O2. The van der Waals surface area contributed by atoms with Crippen LogP contribution < -0.4 is 10.6 Å². The summed E-state index contributed by atoms with van der Waals surface area (Å²) >= 11 is 0. The molecule has 0 saturated carbocycles. The highest BCUT2D eigenvalue weighted by molar-refractivity contribution is 5.67. The first-order valence-corrected chi connectivity index (χ1v) is 5.99. The molecule has 0 rings (SSSR count). The van der Waals surface area contributed by atoms with Crippen LogP contribution in [0.5, 0.6) is 0 Å². The lowest BCUT2D eigenvalue weighted by Crippen LogP contribution is -2.34. The quantitative estimate of drug-likeness (QED) is 0.687. The smallest absolute Gasteiger partial charge is 0.407 e. The van der Waals surface area contributed by atoms with E-state index >= 15 is 0 Å². The molecule has 0 saturated heterocycles. The van der Waals surface area contributed by atoms with E-state index in [-0.39, 0.29) is 6.09 Å². The molecule has 0 aliphatic rings. The van der Waals surface area contributed by atoms with Gasteiger partial charge in [-0.15, -0.1) is 0 Å². The summed E-state index contributed by atoms with van der Waals surface area (Å²) in [5.41, 5.74) is -0.417. The Morgan fingerprint density at radius 1 is 1.25 bits per heavy atom. The van der Waals surface area contributed by atoms with Crippen LogP contribution in [0.2, 0.25) is 0 Å². The van der Waals surface area contributed by atoms with Crippen molar-refractivity contribution in [1.82, 2.24) is 10.6 Å². The molecule has 1 amide bonds. The molecule has 2 N–H and O–H groups in total. The van der Waals surface area contributed by atoms with Gasteiger partial charge in [-0.2, -0.15) is 0 Å². The predicted molar refractivity (Wildman–Crippen MR) is 66.6 cm³/mol. The topological polar surface area (TPSA) is 50.4 Å². The van der Waals surface area contributed by atoms with Gasteiger partial charge in [0.15, 0.2) is 0 Å². The number of carbonyl (C=O) groups is 1. The summed E-state index contributed by atoms with van der Waals surface area (Å²) in [7, 11) is 0. The molecule has 0 aliphatic carbocycles. The van der Waals surface area contributed by atoms with Crippen molar-refractivity contribution in [2.75, 3.05) is 19.6 Å². The van der Waals surface area contributed by atoms with Crippen molar-refractivity contribution in [1.29, 1.82) is 0 Å². The van der Waals surface area contributed by atoms with E-state index in [1.54, 1.807) is 0 Å². The standard InChI is InChI=1S/C12H26N2O2/c1-10(2)9-13-7-6-8-14-11(15)16-12(3,4)5/h10,13H,6-9H2,1-5H3,(H,14,15). The number of ether oxygens (including phenoxy) is 1. The van der Waals surface area contributed by atoms with Gasteiger partial charge < -0.3 is 15.4 Å². The van der Waals surface area contributed by atoms with E-state index in [0.29, 0.717) is 12.5 Å². The van der Waals surface area contributed by atoms with Crippen molar-refractivity contribution >= 4 is 6.09 Å². The van der Waals surface area contributed by atoms with Crippen molar-refractivity contribution in [3.63, 3.8) is 0 Å². The Balaban J connectivity index is 3.35. The normalized spacial score (nSPS) is 11.6. The summed E-state index contributed by atoms with van der Waals surface area (Å²) in [4.78, 5) is 11.2. The largest absolute Gasteiger partial charge is 0.444 e. The molecule has 0 spiro atoms. The Labute approximate surface area is 99.1 Å². The first-order chi connectivity index (χ1) is 7.31. The predicted octanol–water partition coefficient (Wildman–Crippen LogP) is 2.15. The molecule has 4 heteroatoms. The van der Waals surface area contributed by atoms with E-state index < -0.39 is 5.60 Å². The fourth-order valence-electron chi connectivity index (χ4n) is 1.11. The van der Waals surface area contributed by atoms with Crippen molar-refractivity contribution in [2.45, 2.75) is 46.6 Å². The molecule has 0 aromatic rings. The minimum Gasteiger partial charge on any atom is -0.444 e. The molecule has 16 heavy (non-hydrogen) atoms. The van der Waals surface area contributed by atoms with E-state index in [1.807, 2.05) is 20.8 Å². The van der Waals surface area contributed by atoms with Gasteiger partial charge in [-0.05, 0) is 46.2 Å². The Bertz CT molecular complexity index is 198. The van der Waals surface area contributed by atoms with Crippen LogP contribution in [0, 0.1) is 5.92 Å². The minimum absolute atomic E-state index is 0.337. The van der Waals surface area contributed by atoms with Crippen LogP contribution in [0.25, 0.3) is 0 Å². The average Bonchev–Trinajstić information content (AvgIpc) is 2.07. The Kier molecular flexibility index (Phi) is 7.13. The van der Waals surface area contributed by atoms with Gasteiger partial charge in [0, 0.05) is 6.54 Å². The number of hydrogen-bond acceptors (Lipinski definition) is 3. The van der Waals surface area contributed by atoms with Gasteiger partial charge in [-0.25, -0.2) is 4.79 Å². The zero-order chi connectivity index (χ0) is 12.6. The molecule has 0 bridgehead atoms. The van der Waals surface area contributed by atoms with E-state index in [9.17, 15) is 4.79 Å². The minimum atomic E-state index is -0.417. The second kappa shape index (κ2) is 7.49. The second-order valence-electron chi connectivity index (χ2n) is 5.38. The third kappa shape index (κ3) is 11.3. The van der Waals surface area contributed by atoms with Gasteiger partial charge in [0.25, 0.3) is 0 Å². The van der Waals surface area contributed by atoms with Crippen LogP contribution in [-0.4, -0.2) is 31.3 Å². The molecule has 0 heterocycles. The zero-order valence-corrected chi connectivity index (χ0v) is 11.2. The fraction of sp³-hybridized carbons (Fsp3) is 0.917. The van der Waals surface area contributed by atoms with Crippen molar-refractivity contribution in [3.05, 3.63) is 0 Å². The van der Waals surface area contributed by atoms with Gasteiger partial charge in [0.1, 0.15) is 5.60 Å². The van der Waals surface area contributed by atoms with Crippen LogP contribution >= 0.6 is 0 Å². The summed E-state index contributed by atoms with van der Waals surface area (Å²) in [6.45, 7) is 12.5. The molecule has 0 aromatic heterocycles. The molecule has 0 aliphatic heterocycles. The van der Waals surface area contributed by atoms with Crippen LogP contribution in [0.3, 0.4) is 0 Å². The van der Waals surface area contributed by atoms with Crippen LogP contribution in [0.4, 0.5) is 4.79 Å². The molecule has 0 atom stereocenters. The maximum absolute atomic E-state index is 11.2. The van der Waals surface area contributed by atoms with Gasteiger partial charge in [0.05, 0.1) is 0 Å². The molecule has 0 radical (unpaired) electrons. The first-order valence-electron chi connectivity index (χ1n) is 5.99. The van der Waals surface area contributed by atoms with Crippen molar-refractivity contribution in [3.8, 4) is 0 Å². The molecule has 4 nitrogen and oxygen atoms in total. The highest BCUT2D eigenvalue weighted by Crippen LogP contribution is 2.06. The second-order valence-corrected chi connectivity index (χ2v) is 5.38. The summed E-state index contributed by atoms with van der Waals surface area (Å²) in [5.74, 6) is 0.666. The molecule has 0 unspecified atom stereocenters.